The van der Waals surface area contributed by atoms with Gasteiger partial charge in [0, 0.05) is 5.33 Å². The average molecular weight is 447 g/mol. The highest BCUT2D eigenvalue weighted by Crippen LogP contribution is 2.24. The lowest BCUT2D eigenvalue weighted by atomic mass is 10.1. The lowest BCUT2D eigenvalue weighted by molar-refractivity contribution is 0.304. The third-order valence-electron chi connectivity index (χ3n) is 5.07. The second kappa shape index (κ2) is 14.5. The number of ether oxygens (including phenoxy) is 2. The van der Waals surface area contributed by atoms with E-state index in [1.165, 1.54) is 68.9 Å². The van der Waals surface area contributed by atoms with Crippen molar-refractivity contribution in [1.29, 1.82) is 0 Å². The quantitative estimate of drug-likeness (QED) is 0.203. The molecule has 0 N–H and O–H groups in total. The highest BCUT2D eigenvalue weighted by molar-refractivity contribution is 9.09. The largest absolute Gasteiger partial charge is 0.497 e. The van der Waals surface area contributed by atoms with Crippen LogP contribution in [0.2, 0.25) is 0 Å². The predicted molar refractivity (Wildman–Crippen MR) is 124 cm³/mol. The third-order valence-corrected chi connectivity index (χ3v) is 5.64. The van der Waals surface area contributed by atoms with Crippen molar-refractivity contribution in [2.45, 2.75) is 64.2 Å². The van der Waals surface area contributed by atoms with Crippen LogP contribution in [-0.2, 0) is 0 Å². The van der Waals surface area contributed by atoms with E-state index in [1.54, 1.807) is 7.11 Å². The van der Waals surface area contributed by atoms with Crippen molar-refractivity contribution in [2.24, 2.45) is 0 Å². The minimum atomic E-state index is 0.814. The van der Waals surface area contributed by atoms with Crippen molar-refractivity contribution in [3.8, 4) is 22.6 Å². The Bertz CT molecular complexity index is 622. The van der Waals surface area contributed by atoms with Gasteiger partial charge in [0.05, 0.1) is 13.7 Å². The van der Waals surface area contributed by atoms with Crippen LogP contribution in [0.5, 0.6) is 11.5 Å². The van der Waals surface area contributed by atoms with Crippen LogP contribution in [0.4, 0.5) is 0 Å². The SMILES string of the molecule is COc1ccc(-c2ccc(OCCCCCCCCCCCCBr)cc2)cc1. The molecule has 0 unspecified atom stereocenters. The van der Waals surface area contributed by atoms with Gasteiger partial charge >= 0.3 is 0 Å². The van der Waals surface area contributed by atoms with Gasteiger partial charge in [-0.1, -0.05) is 91.6 Å². The van der Waals surface area contributed by atoms with E-state index in [4.69, 9.17) is 9.47 Å². The summed E-state index contributed by atoms with van der Waals surface area (Å²) in [5.41, 5.74) is 2.39. The van der Waals surface area contributed by atoms with Crippen LogP contribution in [0.25, 0.3) is 11.1 Å². The van der Waals surface area contributed by atoms with Gasteiger partial charge in [-0.2, -0.15) is 0 Å². The van der Waals surface area contributed by atoms with E-state index in [1.807, 2.05) is 12.1 Å². The smallest absolute Gasteiger partial charge is 0.119 e. The molecule has 28 heavy (non-hydrogen) atoms. The standard InChI is InChI=1S/C25H35BrO2/c1-27-24-16-12-22(13-17-24)23-14-18-25(19-15-23)28-21-11-9-7-5-3-2-4-6-8-10-20-26/h12-19H,2-11,20-21H2,1H3. The molecule has 0 saturated heterocycles. The molecule has 3 heteroatoms. The molecular weight excluding hydrogens is 412 g/mol. The molecule has 2 aromatic carbocycles. The molecule has 0 aliphatic rings. The van der Waals surface area contributed by atoms with Crippen molar-refractivity contribution in [3.05, 3.63) is 48.5 Å². The lowest BCUT2D eigenvalue weighted by Gasteiger charge is -2.08. The zero-order valence-electron chi connectivity index (χ0n) is 17.3. The van der Waals surface area contributed by atoms with Crippen molar-refractivity contribution >= 4 is 15.9 Å². The molecule has 0 saturated carbocycles. The van der Waals surface area contributed by atoms with E-state index in [-0.39, 0.29) is 0 Å². The summed E-state index contributed by atoms with van der Waals surface area (Å²) < 4.78 is 11.1. The van der Waals surface area contributed by atoms with Gasteiger partial charge in [-0.05, 0) is 48.2 Å². The molecule has 0 amide bonds. The number of alkyl halides is 1. The van der Waals surface area contributed by atoms with E-state index in [9.17, 15) is 0 Å². The summed E-state index contributed by atoms with van der Waals surface area (Å²) in [6.45, 7) is 0.814. The van der Waals surface area contributed by atoms with Crippen molar-refractivity contribution in [1.82, 2.24) is 0 Å². The maximum Gasteiger partial charge on any atom is 0.119 e. The Labute approximate surface area is 179 Å². The summed E-state index contributed by atoms with van der Waals surface area (Å²) in [7, 11) is 1.69. The fraction of sp³-hybridized carbons (Fsp3) is 0.520. The Morgan fingerprint density at radius 2 is 1.00 bits per heavy atom. The number of benzene rings is 2. The molecule has 0 aliphatic carbocycles. The Morgan fingerprint density at radius 1 is 0.571 bits per heavy atom. The Balaban J connectivity index is 1.52. The molecule has 2 aromatic rings. The van der Waals surface area contributed by atoms with E-state index in [0.29, 0.717) is 0 Å². The van der Waals surface area contributed by atoms with Gasteiger partial charge in [-0.3, -0.25) is 0 Å². The highest BCUT2D eigenvalue weighted by atomic mass is 79.9. The first kappa shape index (κ1) is 22.8. The van der Waals surface area contributed by atoms with Crippen LogP contribution < -0.4 is 9.47 Å². The molecule has 0 bridgehead atoms. The van der Waals surface area contributed by atoms with Gasteiger partial charge in [-0.15, -0.1) is 0 Å². The number of hydrogen-bond donors (Lipinski definition) is 0. The molecule has 0 spiro atoms. The van der Waals surface area contributed by atoms with Gasteiger partial charge in [0.1, 0.15) is 11.5 Å². The normalized spacial score (nSPS) is 10.8. The molecule has 0 atom stereocenters. The molecule has 154 valence electrons. The summed E-state index contributed by atoms with van der Waals surface area (Å²) >= 11 is 3.49. The Morgan fingerprint density at radius 3 is 1.46 bits per heavy atom. The number of rotatable bonds is 15. The second-order valence-electron chi connectivity index (χ2n) is 7.33. The minimum Gasteiger partial charge on any atom is -0.497 e. The highest BCUT2D eigenvalue weighted by Gasteiger charge is 2.00. The monoisotopic (exact) mass is 446 g/mol. The summed E-state index contributed by atoms with van der Waals surface area (Å²) in [5.74, 6) is 1.84. The Hall–Kier alpha value is -1.48. The van der Waals surface area contributed by atoms with Gasteiger partial charge in [0.15, 0.2) is 0 Å². The van der Waals surface area contributed by atoms with E-state index in [0.717, 1.165) is 29.9 Å². The van der Waals surface area contributed by atoms with Crippen molar-refractivity contribution in [2.75, 3.05) is 19.0 Å². The minimum absolute atomic E-state index is 0.814. The third kappa shape index (κ3) is 9.14. The van der Waals surface area contributed by atoms with Crippen molar-refractivity contribution < 1.29 is 9.47 Å². The van der Waals surface area contributed by atoms with Crippen LogP contribution in [0.1, 0.15) is 64.2 Å². The zero-order chi connectivity index (χ0) is 19.9. The molecule has 0 aromatic heterocycles. The van der Waals surface area contributed by atoms with Crippen LogP contribution in [-0.4, -0.2) is 19.0 Å². The number of halogens is 1. The number of methoxy groups -OCH3 is 1. The van der Waals surface area contributed by atoms with Gasteiger partial charge in [0.25, 0.3) is 0 Å². The molecule has 2 nitrogen and oxygen atoms in total. The molecule has 2 rings (SSSR count). The van der Waals surface area contributed by atoms with Crippen LogP contribution >= 0.6 is 15.9 Å². The summed E-state index contributed by atoms with van der Waals surface area (Å²) in [6.07, 6.45) is 13.4. The fourth-order valence-electron chi connectivity index (χ4n) is 3.33. The van der Waals surface area contributed by atoms with Gasteiger partial charge < -0.3 is 9.47 Å². The molecule has 0 heterocycles. The summed E-state index contributed by atoms with van der Waals surface area (Å²) in [6, 6.07) is 16.5. The Kier molecular flexibility index (Phi) is 11.8. The summed E-state index contributed by atoms with van der Waals surface area (Å²) in [5, 5.41) is 1.15. The van der Waals surface area contributed by atoms with E-state index < -0.39 is 0 Å². The maximum absolute atomic E-state index is 5.89. The number of hydrogen-bond acceptors (Lipinski definition) is 2. The van der Waals surface area contributed by atoms with Gasteiger partial charge in [0.2, 0.25) is 0 Å². The molecule has 0 radical (unpaired) electrons. The first-order valence-electron chi connectivity index (χ1n) is 10.8. The van der Waals surface area contributed by atoms with Crippen molar-refractivity contribution in [3.63, 3.8) is 0 Å². The predicted octanol–water partition coefficient (Wildman–Crippen LogP) is 8.04. The average Bonchev–Trinajstić information content (AvgIpc) is 2.75. The maximum atomic E-state index is 5.89. The summed E-state index contributed by atoms with van der Waals surface area (Å²) in [4.78, 5) is 0. The molecule has 0 fully saturated rings. The lowest BCUT2D eigenvalue weighted by Crippen LogP contribution is -1.97. The fourth-order valence-corrected chi connectivity index (χ4v) is 3.72. The van der Waals surface area contributed by atoms with E-state index >= 15 is 0 Å². The van der Waals surface area contributed by atoms with Crippen LogP contribution in [0.15, 0.2) is 48.5 Å². The van der Waals surface area contributed by atoms with Crippen LogP contribution in [0.3, 0.4) is 0 Å². The second-order valence-corrected chi connectivity index (χ2v) is 8.12. The van der Waals surface area contributed by atoms with Crippen LogP contribution in [0, 0.1) is 0 Å². The topological polar surface area (TPSA) is 18.5 Å². The molecule has 0 aliphatic heterocycles. The first-order valence-corrected chi connectivity index (χ1v) is 11.9. The molecular formula is C25H35BrO2. The van der Waals surface area contributed by atoms with Gasteiger partial charge in [-0.25, -0.2) is 0 Å². The zero-order valence-corrected chi connectivity index (χ0v) is 18.9. The first-order chi connectivity index (χ1) is 13.8. The number of unbranched alkanes of at least 4 members (excludes halogenated alkanes) is 9. The van der Waals surface area contributed by atoms with E-state index in [2.05, 4.69) is 52.3 Å².